The molecular weight excluding hydrogens is 310 g/mol. The lowest BCUT2D eigenvalue weighted by Gasteiger charge is -2.14. The third-order valence-electron chi connectivity index (χ3n) is 3.18. The Morgan fingerprint density at radius 2 is 1.50 bits per heavy atom. The lowest BCUT2D eigenvalue weighted by molar-refractivity contribution is -0.307. The molecule has 0 aromatic heterocycles. The van der Waals surface area contributed by atoms with Crippen LogP contribution < -0.4 is 19.9 Å². The highest BCUT2D eigenvalue weighted by Gasteiger charge is 2.08. The van der Waals surface area contributed by atoms with Crippen molar-refractivity contribution in [2.75, 3.05) is 6.61 Å². The molecule has 24 heavy (non-hydrogen) atoms. The van der Waals surface area contributed by atoms with Gasteiger partial charge in [-0.1, -0.05) is 17.7 Å². The first-order chi connectivity index (χ1) is 11.4. The van der Waals surface area contributed by atoms with Gasteiger partial charge in [0.15, 0.2) is 6.61 Å². The van der Waals surface area contributed by atoms with Crippen LogP contribution in [0.2, 0.25) is 0 Å². The van der Waals surface area contributed by atoms with Gasteiger partial charge >= 0.3 is 0 Å². The molecule has 2 aromatic carbocycles. The van der Waals surface area contributed by atoms with Crippen LogP contribution in [0.1, 0.15) is 12.5 Å². The minimum absolute atomic E-state index is 0.282. The van der Waals surface area contributed by atoms with Crippen LogP contribution in [0, 0.1) is 6.92 Å². The highest BCUT2D eigenvalue weighted by Crippen LogP contribution is 2.24. The number of hydrogen-bond acceptors (Lipinski definition) is 5. The summed E-state index contributed by atoms with van der Waals surface area (Å²) in [5.41, 5.74) is 1.15. The molecule has 0 saturated carbocycles. The number of carboxylic acids is 1. The number of aryl methyl sites for hydroxylation is 1. The topological polar surface area (TPSA) is 87.7 Å². The van der Waals surface area contributed by atoms with E-state index in [-0.39, 0.29) is 6.61 Å². The van der Waals surface area contributed by atoms with E-state index in [1.807, 2.05) is 31.2 Å². The maximum atomic E-state index is 11.5. The van der Waals surface area contributed by atoms with Gasteiger partial charge in [-0.15, -0.1) is 0 Å². The average Bonchev–Trinajstić information content (AvgIpc) is 2.56. The Morgan fingerprint density at radius 1 is 1.00 bits per heavy atom. The van der Waals surface area contributed by atoms with Crippen LogP contribution in [0.25, 0.3) is 0 Å². The Morgan fingerprint density at radius 3 is 2.04 bits per heavy atom. The molecule has 6 nitrogen and oxygen atoms in total. The standard InChI is InChI=1S/C18H19NO5/c1-12-3-5-15(6-4-12)24-16-9-7-14(8-10-16)23-11-17(20)19-13(2)18(21)22/h3-10,13H,11H2,1-2H3,(H,19,20)(H,21,22)/p-1/t13-/m1/s1. The number of nitrogens with one attached hydrogen (secondary N) is 1. The number of carbonyl (C=O) groups is 2. The van der Waals surface area contributed by atoms with Crippen LogP contribution in [0.4, 0.5) is 0 Å². The predicted molar refractivity (Wildman–Crippen MR) is 85.8 cm³/mol. The van der Waals surface area contributed by atoms with Crippen molar-refractivity contribution in [1.82, 2.24) is 5.32 Å². The van der Waals surface area contributed by atoms with Crippen molar-refractivity contribution in [2.24, 2.45) is 0 Å². The molecule has 0 radical (unpaired) electrons. The van der Waals surface area contributed by atoms with E-state index in [9.17, 15) is 14.7 Å². The van der Waals surface area contributed by atoms with E-state index in [2.05, 4.69) is 5.32 Å². The van der Waals surface area contributed by atoms with Gasteiger partial charge in [0.25, 0.3) is 5.91 Å². The molecule has 0 spiro atoms. The maximum Gasteiger partial charge on any atom is 0.258 e. The lowest BCUT2D eigenvalue weighted by atomic mass is 10.2. The van der Waals surface area contributed by atoms with Crippen molar-refractivity contribution in [3.05, 3.63) is 54.1 Å². The summed E-state index contributed by atoms with van der Waals surface area (Å²) in [6, 6.07) is 13.4. The molecule has 0 aliphatic carbocycles. The molecular formula is C18H18NO5-. The van der Waals surface area contributed by atoms with E-state index in [1.165, 1.54) is 6.92 Å². The number of amides is 1. The predicted octanol–water partition coefficient (Wildman–Crippen LogP) is 1.42. The summed E-state index contributed by atoms with van der Waals surface area (Å²) >= 11 is 0. The summed E-state index contributed by atoms with van der Waals surface area (Å²) in [4.78, 5) is 22.0. The fourth-order valence-corrected chi connectivity index (χ4v) is 1.84. The second-order valence-corrected chi connectivity index (χ2v) is 5.28. The van der Waals surface area contributed by atoms with E-state index < -0.39 is 17.9 Å². The monoisotopic (exact) mass is 328 g/mol. The Bertz CT molecular complexity index is 694. The molecule has 0 saturated heterocycles. The molecule has 126 valence electrons. The van der Waals surface area contributed by atoms with E-state index >= 15 is 0 Å². The SMILES string of the molecule is Cc1ccc(Oc2ccc(OCC(=O)N[C@H](C)C(=O)[O-])cc2)cc1. The normalized spacial score (nSPS) is 11.4. The highest BCUT2D eigenvalue weighted by molar-refractivity contribution is 5.83. The summed E-state index contributed by atoms with van der Waals surface area (Å²) in [6.07, 6.45) is 0. The number of benzene rings is 2. The molecule has 0 bridgehead atoms. The maximum absolute atomic E-state index is 11.5. The minimum atomic E-state index is -1.35. The third-order valence-corrected chi connectivity index (χ3v) is 3.18. The van der Waals surface area contributed by atoms with Gasteiger partial charge < -0.3 is 24.7 Å². The van der Waals surface area contributed by atoms with E-state index in [0.29, 0.717) is 11.5 Å². The summed E-state index contributed by atoms with van der Waals surface area (Å²) in [6.45, 7) is 3.04. The molecule has 0 unspecified atom stereocenters. The van der Waals surface area contributed by atoms with Crippen molar-refractivity contribution >= 4 is 11.9 Å². The summed E-state index contributed by atoms with van der Waals surface area (Å²) in [7, 11) is 0. The summed E-state index contributed by atoms with van der Waals surface area (Å²) < 4.78 is 11.0. The fraction of sp³-hybridized carbons (Fsp3) is 0.222. The highest BCUT2D eigenvalue weighted by atomic mass is 16.5. The quantitative estimate of drug-likeness (QED) is 0.830. The molecule has 1 amide bonds. The van der Waals surface area contributed by atoms with E-state index in [1.54, 1.807) is 24.3 Å². The summed E-state index contributed by atoms with van der Waals surface area (Å²) in [5.74, 6) is -0.0405. The van der Waals surface area contributed by atoms with Crippen molar-refractivity contribution < 1.29 is 24.2 Å². The largest absolute Gasteiger partial charge is 0.548 e. The molecule has 2 aromatic rings. The van der Waals surface area contributed by atoms with Crippen LogP contribution in [0.3, 0.4) is 0 Å². The zero-order valence-corrected chi connectivity index (χ0v) is 13.4. The number of rotatable bonds is 7. The smallest absolute Gasteiger partial charge is 0.258 e. The first kappa shape index (κ1) is 17.3. The zero-order valence-electron chi connectivity index (χ0n) is 13.4. The van der Waals surface area contributed by atoms with Gasteiger partial charge in [-0.2, -0.15) is 0 Å². The molecule has 2 rings (SSSR count). The molecule has 1 atom stereocenters. The van der Waals surface area contributed by atoms with Gasteiger partial charge in [-0.05, 0) is 50.2 Å². The fourth-order valence-electron chi connectivity index (χ4n) is 1.84. The van der Waals surface area contributed by atoms with Crippen LogP contribution >= 0.6 is 0 Å². The second-order valence-electron chi connectivity index (χ2n) is 5.28. The molecule has 0 aliphatic rings. The molecule has 6 heteroatoms. The average molecular weight is 328 g/mol. The van der Waals surface area contributed by atoms with Gasteiger partial charge in [0, 0.05) is 0 Å². The second kappa shape index (κ2) is 8.01. The number of ether oxygens (including phenoxy) is 2. The van der Waals surface area contributed by atoms with Crippen LogP contribution in [0.15, 0.2) is 48.5 Å². The van der Waals surface area contributed by atoms with Gasteiger partial charge in [0.1, 0.15) is 17.2 Å². The minimum Gasteiger partial charge on any atom is -0.548 e. The zero-order chi connectivity index (χ0) is 17.5. The first-order valence-corrected chi connectivity index (χ1v) is 7.41. The Hall–Kier alpha value is -3.02. The lowest BCUT2D eigenvalue weighted by Crippen LogP contribution is -2.47. The molecule has 0 fully saturated rings. The van der Waals surface area contributed by atoms with Gasteiger partial charge in [0.05, 0.1) is 12.0 Å². The number of carbonyl (C=O) groups excluding carboxylic acids is 2. The van der Waals surface area contributed by atoms with Gasteiger partial charge in [-0.3, -0.25) is 4.79 Å². The van der Waals surface area contributed by atoms with Crippen molar-refractivity contribution in [3.63, 3.8) is 0 Å². The third kappa shape index (κ3) is 5.31. The van der Waals surface area contributed by atoms with Gasteiger partial charge in [0.2, 0.25) is 0 Å². The number of carboxylic acid groups (broad SMARTS) is 1. The van der Waals surface area contributed by atoms with Crippen LogP contribution in [0.5, 0.6) is 17.2 Å². The van der Waals surface area contributed by atoms with Crippen LogP contribution in [-0.2, 0) is 9.59 Å². The number of aliphatic carboxylic acids is 1. The van der Waals surface area contributed by atoms with E-state index in [4.69, 9.17) is 9.47 Å². The van der Waals surface area contributed by atoms with Crippen molar-refractivity contribution in [3.8, 4) is 17.2 Å². The first-order valence-electron chi connectivity index (χ1n) is 7.41. The Balaban J connectivity index is 1.84. The van der Waals surface area contributed by atoms with Crippen LogP contribution in [-0.4, -0.2) is 24.5 Å². The number of hydrogen-bond donors (Lipinski definition) is 1. The van der Waals surface area contributed by atoms with Crippen molar-refractivity contribution in [2.45, 2.75) is 19.9 Å². The molecule has 0 heterocycles. The Labute approximate surface area is 140 Å². The Kier molecular flexibility index (Phi) is 5.78. The van der Waals surface area contributed by atoms with Crippen molar-refractivity contribution in [1.29, 1.82) is 0 Å². The molecule has 1 N–H and O–H groups in total. The summed E-state index contributed by atoms with van der Waals surface area (Å²) in [5, 5.41) is 12.8. The molecule has 0 aliphatic heterocycles. The van der Waals surface area contributed by atoms with Gasteiger partial charge in [-0.25, -0.2) is 0 Å². The van der Waals surface area contributed by atoms with E-state index in [0.717, 1.165) is 11.3 Å².